The molecule has 0 unspecified atom stereocenters. The van der Waals surface area contributed by atoms with Crippen molar-refractivity contribution in [3.05, 3.63) is 35.9 Å². The topological polar surface area (TPSA) is 12.4 Å². The predicted octanol–water partition coefficient (Wildman–Crippen LogP) is 3.75. The third-order valence-electron chi connectivity index (χ3n) is 1.88. The van der Waals surface area contributed by atoms with Crippen LogP contribution < -0.4 is 0 Å². The smallest absolute Gasteiger partial charge is 0.0700 e. The Morgan fingerprint density at radius 1 is 1.46 bits per heavy atom. The van der Waals surface area contributed by atoms with Gasteiger partial charge in [-0.25, -0.2) is 0 Å². The van der Waals surface area contributed by atoms with Crippen molar-refractivity contribution in [2.45, 2.75) is 20.8 Å². The van der Waals surface area contributed by atoms with E-state index in [-0.39, 0.29) is 0 Å². The number of benzene rings is 1. The molecule has 0 aromatic heterocycles. The summed E-state index contributed by atoms with van der Waals surface area (Å²) in [5.41, 5.74) is 4.44. The van der Waals surface area contributed by atoms with Gasteiger partial charge in [0.1, 0.15) is 0 Å². The van der Waals surface area contributed by atoms with E-state index in [0.717, 1.165) is 16.8 Å². The van der Waals surface area contributed by atoms with Crippen LogP contribution in [0.2, 0.25) is 0 Å². The fourth-order valence-electron chi connectivity index (χ4n) is 1.24. The van der Waals surface area contributed by atoms with E-state index in [1.165, 1.54) is 5.56 Å². The molecule has 0 amide bonds. The molecular weight excluding hydrogens is 158 g/mol. The molecule has 68 valence electrons. The van der Waals surface area contributed by atoms with Gasteiger partial charge in [-0.3, -0.25) is 4.99 Å². The zero-order chi connectivity index (χ0) is 9.84. The Balaban J connectivity index is 3.26. The molecular formula is C12H15N. The summed E-state index contributed by atoms with van der Waals surface area (Å²) in [6.07, 6.45) is 1.80. The molecule has 1 aromatic carbocycles. The Labute approximate surface area is 79.8 Å². The van der Waals surface area contributed by atoms with Gasteiger partial charge < -0.3 is 0 Å². The molecule has 0 bridgehead atoms. The molecule has 0 atom stereocenters. The summed E-state index contributed by atoms with van der Waals surface area (Å²) in [5, 5.41) is 0. The van der Waals surface area contributed by atoms with Crippen LogP contribution in [-0.4, -0.2) is 6.21 Å². The van der Waals surface area contributed by atoms with Crippen molar-refractivity contribution in [2.24, 2.45) is 4.99 Å². The van der Waals surface area contributed by atoms with E-state index in [1.54, 1.807) is 6.21 Å². The second-order valence-electron chi connectivity index (χ2n) is 3.19. The average Bonchev–Trinajstić information content (AvgIpc) is 2.08. The summed E-state index contributed by atoms with van der Waals surface area (Å²) in [6.45, 7) is 9.93. The lowest BCUT2D eigenvalue weighted by Crippen LogP contribution is -1.82. The second-order valence-corrected chi connectivity index (χ2v) is 3.19. The normalized spacial score (nSPS) is 10.7. The molecule has 0 spiro atoms. The van der Waals surface area contributed by atoms with E-state index >= 15 is 0 Å². The van der Waals surface area contributed by atoms with Crippen molar-refractivity contribution in [2.75, 3.05) is 0 Å². The van der Waals surface area contributed by atoms with E-state index in [0.29, 0.717) is 0 Å². The third-order valence-corrected chi connectivity index (χ3v) is 1.88. The minimum absolute atomic E-state index is 1.00. The van der Waals surface area contributed by atoms with Gasteiger partial charge in [0.05, 0.1) is 5.69 Å². The monoisotopic (exact) mass is 173 g/mol. The number of hydrogen-bond donors (Lipinski definition) is 0. The number of nitrogens with zero attached hydrogens (tertiary/aromatic N) is 1. The van der Waals surface area contributed by atoms with Crippen molar-refractivity contribution < 1.29 is 0 Å². The van der Waals surface area contributed by atoms with Crippen LogP contribution in [0, 0.1) is 6.92 Å². The van der Waals surface area contributed by atoms with Crippen LogP contribution in [0.15, 0.2) is 29.8 Å². The highest BCUT2D eigenvalue weighted by molar-refractivity contribution is 5.75. The second kappa shape index (κ2) is 4.04. The molecule has 1 aromatic rings. The lowest BCUT2D eigenvalue weighted by Gasteiger charge is -2.05. The van der Waals surface area contributed by atoms with E-state index in [2.05, 4.69) is 30.6 Å². The minimum Gasteiger partial charge on any atom is -0.261 e. The molecule has 0 aliphatic rings. The number of rotatable bonds is 2. The van der Waals surface area contributed by atoms with Crippen molar-refractivity contribution in [1.82, 2.24) is 0 Å². The van der Waals surface area contributed by atoms with E-state index < -0.39 is 0 Å². The van der Waals surface area contributed by atoms with E-state index in [4.69, 9.17) is 0 Å². The largest absolute Gasteiger partial charge is 0.261 e. The molecule has 1 rings (SSSR count). The molecule has 0 aliphatic carbocycles. The molecule has 0 aliphatic heterocycles. The Morgan fingerprint density at radius 3 is 2.69 bits per heavy atom. The van der Waals surface area contributed by atoms with Gasteiger partial charge in [-0.05, 0) is 38.5 Å². The lowest BCUT2D eigenvalue weighted by atomic mass is 10.0. The predicted molar refractivity (Wildman–Crippen MR) is 59.7 cm³/mol. The summed E-state index contributed by atoms with van der Waals surface area (Å²) >= 11 is 0. The van der Waals surface area contributed by atoms with Gasteiger partial charge in [0.15, 0.2) is 0 Å². The Hall–Kier alpha value is -1.37. The molecule has 0 fully saturated rings. The van der Waals surface area contributed by atoms with E-state index in [1.807, 2.05) is 19.9 Å². The number of aryl methyl sites for hydroxylation is 1. The average molecular weight is 173 g/mol. The van der Waals surface area contributed by atoms with Crippen LogP contribution in [0.4, 0.5) is 5.69 Å². The van der Waals surface area contributed by atoms with Gasteiger partial charge >= 0.3 is 0 Å². The maximum absolute atomic E-state index is 4.28. The molecule has 1 nitrogen and oxygen atoms in total. The first kappa shape index (κ1) is 9.72. The zero-order valence-corrected chi connectivity index (χ0v) is 8.46. The van der Waals surface area contributed by atoms with Crippen LogP contribution >= 0.6 is 0 Å². The molecule has 0 heterocycles. The Bertz CT molecular complexity index is 348. The van der Waals surface area contributed by atoms with Crippen LogP contribution in [0.25, 0.3) is 5.57 Å². The molecule has 0 saturated heterocycles. The van der Waals surface area contributed by atoms with Gasteiger partial charge in [-0.15, -0.1) is 0 Å². The summed E-state index contributed by atoms with van der Waals surface area (Å²) < 4.78 is 0. The van der Waals surface area contributed by atoms with Crippen molar-refractivity contribution in [3.8, 4) is 0 Å². The fraction of sp³-hybridized carbons (Fsp3) is 0.250. The summed E-state index contributed by atoms with van der Waals surface area (Å²) in [7, 11) is 0. The van der Waals surface area contributed by atoms with Crippen molar-refractivity contribution in [3.63, 3.8) is 0 Å². The summed E-state index contributed by atoms with van der Waals surface area (Å²) in [5.74, 6) is 0. The number of hydrogen-bond acceptors (Lipinski definition) is 1. The SMILES string of the molecule is C=C(C)c1cc(C)ccc1N=CC. The van der Waals surface area contributed by atoms with Gasteiger partial charge in [0.25, 0.3) is 0 Å². The van der Waals surface area contributed by atoms with Gasteiger partial charge in [0, 0.05) is 11.8 Å². The maximum Gasteiger partial charge on any atom is 0.0700 e. The summed E-state index contributed by atoms with van der Waals surface area (Å²) in [6, 6.07) is 6.21. The molecule has 1 heteroatoms. The lowest BCUT2D eigenvalue weighted by molar-refractivity contribution is 1.40. The highest BCUT2D eigenvalue weighted by atomic mass is 14.7. The minimum atomic E-state index is 1.00. The van der Waals surface area contributed by atoms with Gasteiger partial charge in [-0.2, -0.15) is 0 Å². The molecule has 0 saturated carbocycles. The standard InChI is InChI=1S/C12H15N/c1-5-13-12-7-6-10(4)8-11(12)9(2)3/h5-8H,2H2,1,3-4H3. The molecule has 0 N–H and O–H groups in total. The molecule has 13 heavy (non-hydrogen) atoms. The zero-order valence-electron chi connectivity index (χ0n) is 8.46. The summed E-state index contributed by atoms with van der Waals surface area (Å²) in [4.78, 5) is 4.28. The third kappa shape index (κ3) is 2.28. The molecule has 0 radical (unpaired) electrons. The van der Waals surface area contributed by atoms with E-state index in [9.17, 15) is 0 Å². The maximum atomic E-state index is 4.28. The van der Waals surface area contributed by atoms with Crippen LogP contribution in [0.5, 0.6) is 0 Å². The van der Waals surface area contributed by atoms with Crippen LogP contribution in [0.1, 0.15) is 25.0 Å². The first-order valence-electron chi connectivity index (χ1n) is 4.40. The van der Waals surface area contributed by atoms with Crippen molar-refractivity contribution in [1.29, 1.82) is 0 Å². The Morgan fingerprint density at radius 2 is 2.15 bits per heavy atom. The van der Waals surface area contributed by atoms with Crippen molar-refractivity contribution >= 4 is 17.5 Å². The Kier molecular flexibility index (Phi) is 3.02. The first-order chi connectivity index (χ1) is 6.15. The quantitative estimate of drug-likeness (QED) is 0.604. The number of aliphatic imine (C=N–C) groups is 1. The number of allylic oxidation sites excluding steroid dienone is 1. The fourth-order valence-corrected chi connectivity index (χ4v) is 1.24. The van der Waals surface area contributed by atoms with Crippen LogP contribution in [-0.2, 0) is 0 Å². The highest BCUT2D eigenvalue weighted by Gasteiger charge is 2.00. The van der Waals surface area contributed by atoms with Gasteiger partial charge in [-0.1, -0.05) is 18.2 Å². The first-order valence-corrected chi connectivity index (χ1v) is 4.40. The van der Waals surface area contributed by atoms with Crippen LogP contribution in [0.3, 0.4) is 0 Å². The highest BCUT2D eigenvalue weighted by Crippen LogP contribution is 2.25. The van der Waals surface area contributed by atoms with Gasteiger partial charge in [0.2, 0.25) is 0 Å².